The molecule has 12 atom stereocenters. The summed E-state index contributed by atoms with van der Waals surface area (Å²) < 4.78 is 0. The van der Waals surface area contributed by atoms with Crippen molar-refractivity contribution in [2.24, 2.45) is 35.1 Å². The molecule has 10 amide bonds. The van der Waals surface area contributed by atoms with Crippen LogP contribution in [0.25, 0.3) is 0 Å². The van der Waals surface area contributed by atoms with E-state index in [1.54, 1.807) is 102 Å². The highest BCUT2D eigenvalue weighted by molar-refractivity contribution is 5.98. The van der Waals surface area contributed by atoms with Gasteiger partial charge in [-0.05, 0) is 61.5 Å². The number of rotatable bonds is 40. The number of aliphatic hydroxyl groups excluding tert-OH is 1. The zero-order valence-corrected chi connectivity index (χ0v) is 51.1. The number of aliphatic hydroxyl groups is 1. The van der Waals surface area contributed by atoms with Gasteiger partial charge in [0.25, 0.3) is 0 Å². The van der Waals surface area contributed by atoms with Crippen LogP contribution < -0.4 is 59.3 Å². The van der Waals surface area contributed by atoms with Gasteiger partial charge in [0.05, 0.1) is 31.0 Å². The SMILES string of the molecule is CC(C)C[C@H](NC(=O)[C@H](CC(N)=O)NC(=O)[C@@H](NC(=O)[C@@H](N)CCC(=O)O)C(C)C)[C@@H](O)C[C@@H](C)C(=O)N[C@H](C(=O)N[C@@H](Cc1ccccc1)C(=O)N[C@@H](Cc1ccccc1)C(=O)N[C@@H](C)C(=O)N[C@@H](CCC(=O)O)C(=O)N[C@@H](CC(=O)O)C(=O)O)C(C)C. The third-order valence-electron chi connectivity index (χ3n) is 14.0. The minimum atomic E-state index is -1.95. The van der Waals surface area contributed by atoms with Gasteiger partial charge in [0.15, 0.2) is 0 Å². The average molecular weight is 1250 g/mol. The molecule has 30 nitrogen and oxygen atoms in total. The summed E-state index contributed by atoms with van der Waals surface area (Å²) in [5.41, 5.74) is 12.4. The van der Waals surface area contributed by atoms with Crippen molar-refractivity contribution in [1.82, 2.24) is 47.9 Å². The molecular weight excluding hydrogens is 1170 g/mol. The maximum atomic E-state index is 14.5. The van der Waals surface area contributed by atoms with E-state index in [1.807, 2.05) is 5.32 Å². The Morgan fingerprint density at radius 2 is 0.843 bits per heavy atom. The van der Waals surface area contributed by atoms with Gasteiger partial charge in [-0.3, -0.25) is 62.3 Å². The summed E-state index contributed by atoms with van der Waals surface area (Å²) in [6, 6.07) is 2.04. The quantitative estimate of drug-likeness (QED) is 0.0346. The molecule has 2 aromatic rings. The molecule has 492 valence electrons. The second-order valence-corrected chi connectivity index (χ2v) is 22.9. The number of benzene rings is 2. The molecule has 0 saturated heterocycles. The number of aliphatic carboxylic acids is 4. The van der Waals surface area contributed by atoms with E-state index in [9.17, 15) is 82.4 Å². The first-order valence-electron chi connectivity index (χ1n) is 29.0. The lowest BCUT2D eigenvalue weighted by Gasteiger charge is -2.31. The van der Waals surface area contributed by atoms with Gasteiger partial charge >= 0.3 is 23.9 Å². The average Bonchev–Trinajstić information content (AvgIpc) is 2.60. The van der Waals surface area contributed by atoms with Gasteiger partial charge in [-0.15, -0.1) is 0 Å². The number of carbonyl (C=O) groups excluding carboxylic acids is 10. The second kappa shape index (κ2) is 37.6. The fourth-order valence-electron chi connectivity index (χ4n) is 8.96. The van der Waals surface area contributed by atoms with Crippen LogP contribution in [0.4, 0.5) is 0 Å². The number of amides is 10. The van der Waals surface area contributed by atoms with E-state index in [0.717, 1.165) is 0 Å². The van der Waals surface area contributed by atoms with E-state index in [0.29, 0.717) is 11.1 Å². The predicted octanol–water partition coefficient (Wildman–Crippen LogP) is -1.91. The van der Waals surface area contributed by atoms with Crippen LogP contribution in [0.2, 0.25) is 0 Å². The van der Waals surface area contributed by atoms with E-state index < -0.39 is 199 Å². The van der Waals surface area contributed by atoms with Crippen LogP contribution in [0.1, 0.15) is 118 Å². The third-order valence-corrected chi connectivity index (χ3v) is 14.0. The zero-order valence-electron chi connectivity index (χ0n) is 51.1. The Labute approximate surface area is 515 Å². The van der Waals surface area contributed by atoms with Crippen LogP contribution in [-0.2, 0) is 80.0 Å². The predicted molar refractivity (Wildman–Crippen MR) is 318 cm³/mol. The van der Waals surface area contributed by atoms with Crippen molar-refractivity contribution in [3.8, 4) is 0 Å². The fourth-order valence-corrected chi connectivity index (χ4v) is 8.96. The molecular formula is C59H87N11O19. The highest BCUT2D eigenvalue weighted by Crippen LogP contribution is 2.18. The first-order valence-corrected chi connectivity index (χ1v) is 29.0. The van der Waals surface area contributed by atoms with Crippen molar-refractivity contribution in [1.29, 1.82) is 0 Å². The standard InChI is InChI=1S/C59H87N11O19/c1-29(2)23-38(64-56(85)41(27-44(61)72)67-58(87)49(31(5)6)70-52(81)36(60)19-21-45(73)74)43(71)24-32(7)50(79)69-48(30(3)4)57(86)66-40(26-35-17-13-10-14-18-35)55(84)65-39(25-34-15-11-9-12-16-34)54(83)62-33(8)51(80)63-37(20-22-46(75)76)53(82)68-42(59(88)89)28-47(77)78/h9-18,29-33,36-43,48-49,71H,19-28,60H2,1-8H3,(H2,61,72)(H,62,83)(H,63,80)(H,64,85)(H,65,84)(H,66,86)(H,67,87)(H,68,82)(H,69,79)(H,70,81)(H,73,74)(H,75,76)(H,77,78)(H,88,89)/t32-,33+,36+,37+,38+,39+,40+,41+,42+,43+,48+,49+/m1/s1. The summed E-state index contributed by atoms with van der Waals surface area (Å²) >= 11 is 0. The number of hydrogen-bond acceptors (Lipinski definition) is 16. The molecule has 0 aliphatic rings. The molecule has 89 heavy (non-hydrogen) atoms. The Bertz CT molecular complexity index is 2790. The first-order chi connectivity index (χ1) is 41.6. The highest BCUT2D eigenvalue weighted by atomic mass is 16.4. The normalized spacial score (nSPS) is 15.2. The molecule has 0 heterocycles. The Hall–Kier alpha value is -9.06. The topological polar surface area (TPSA) is 500 Å². The molecule has 2 rings (SSSR count). The van der Waals surface area contributed by atoms with Crippen molar-refractivity contribution >= 4 is 82.9 Å². The molecule has 0 bridgehead atoms. The third kappa shape index (κ3) is 28.1. The van der Waals surface area contributed by atoms with Crippen LogP contribution in [0.5, 0.6) is 0 Å². The molecule has 18 N–H and O–H groups in total. The maximum Gasteiger partial charge on any atom is 0.326 e. The number of carboxylic acids is 4. The molecule has 30 heteroatoms. The van der Waals surface area contributed by atoms with Gasteiger partial charge in [0.1, 0.15) is 48.3 Å². The smallest absolute Gasteiger partial charge is 0.326 e. The van der Waals surface area contributed by atoms with Crippen LogP contribution in [0.15, 0.2) is 60.7 Å². The largest absolute Gasteiger partial charge is 0.481 e. The van der Waals surface area contributed by atoms with E-state index in [1.165, 1.54) is 13.8 Å². The van der Waals surface area contributed by atoms with E-state index in [4.69, 9.17) is 21.7 Å². The van der Waals surface area contributed by atoms with Crippen LogP contribution in [0.3, 0.4) is 0 Å². The number of carboxylic acid groups (broad SMARTS) is 4. The summed E-state index contributed by atoms with van der Waals surface area (Å²) in [6.45, 7) is 12.6. The molecule has 0 aliphatic heterocycles. The molecule has 0 fully saturated rings. The highest BCUT2D eigenvalue weighted by Gasteiger charge is 2.37. The van der Waals surface area contributed by atoms with Gasteiger partial charge < -0.3 is 84.9 Å². The van der Waals surface area contributed by atoms with Crippen molar-refractivity contribution < 1.29 is 92.7 Å². The van der Waals surface area contributed by atoms with Crippen molar-refractivity contribution in [2.75, 3.05) is 0 Å². The fraction of sp³-hybridized carbons (Fsp3) is 0.559. The Kier molecular flexibility index (Phi) is 32.1. The summed E-state index contributed by atoms with van der Waals surface area (Å²) in [5, 5.41) is 70.8. The van der Waals surface area contributed by atoms with Gasteiger partial charge in [-0.2, -0.15) is 0 Å². The van der Waals surface area contributed by atoms with E-state index in [2.05, 4.69) is 42.5 Å². The van der Waals surface area contributed by atoms with Crippen LogP contribution >= 0.6 is 0 Å². The van der Waals surface area contributed by atoms with Crippen molar-refractivity contribution in [3.63, 3.8) is 0 Å². The molecule has 2 aromatic carbocycles. The summed E-state index contributed by atoms with van der Waals surface area (Å²) in [5.74, 6) is -17.7. The minimum Gasteiger partial charge on any atom is -0.481 e. The van der Waals surface area contributed by atoms with Crippen molar-refractivity contribution in [2.45, 2.75) is 186 Å². The Morgan fingerprint density at radius 3 is 1.29 bits per heavy atom. The Balaban J connectivity index is 2.39. The molecule has 0 unspecified atom stereocenters. The van der Waals surface area contributed by atoms with Crippen molar-refractivity contribution in [3.05, 3.63) is 71.8 Å². The van der Waals surface area contributed by atoms with Gasteiger partial charge in [0.2, 0.25) is 59.1 Å². The number of nitrogens with two attached hydrogens (primary N) is 2. The molecule has 0 aliphatic carbocycles. The van der Waals surface area contributed by atoms with Gasteiger partial charge in [-0.1, -0.05) is 109 Å². The first kappa shape index (κ1) is 76.0. The Morgan fingerprint density at radius 1 is 0.427 bits per heavy atom. The summed E-state index contributed by atoms with van der Waals surface area (Å²) in [7, 11) is 0. The van der Waals surface area contributed by atoms with E-state index >= 15 is 0 Å². The molecule has 0 spiro atoms. The minimum absolute atomic E-state index is 0.120. The lowest BCUT2D eigenvalue weighted by molar-refractivity contribution is -0.147. The van der Waals surface area contributed by atoms with Gasteiger partial charge in [0, 0.05) is 31.6 Å². The zero-order chi connectivity index (χ0) is 67.4. The monoisotopic (exact) mass is 1250 g/mol. The summed E-state index contributed by atoms with van der Waals surface area (Å²) in [4.78, 5) is 182. The van der Waals surface area contributed by atoms with Gasteiger partial charge in [-0.25, -0.2) is 4.79 Å². The number of carbonyl (C=O) groups is 14. The van der Waals surface area contributed by atoms with Crippen LogP contribution in [-0.4, -0.2) is 175 Å². The number of nitrogens with one attached hydrogen (secondary N) is 9. The summed E-state index contributed by atoms with van der Waals surface area (Å²) in [6.07, 6.45) is -5.66. The number of primary amides is 1. The lowest BCUT2D eigenvalue weighted by atomic mass is 9.91. The maximum absolute atomic E-state index is 14.5. The molecule has 0 saturated carbocycles. The lowest BCUT2D eigenvalue weighted by Crippen LogP contribution is -2.60. The molecule has 0 aromatic heterocycles. The second-order valence-electron chi connectivity index (χ2n) is 22.9. The van der Waals surface area contributed by atoms with Crippen LogP contribution in [0, 0.1) is 23.7 Å². The molecule has 0 radical (unpaired) electrons. The number of hydrogen-bond donors (Lipinski definition) is 16. The van der Waals surface area contributed by atoms with E-state index in [-0.39, 0.29) is 38.0 Å².